The van der Waals surface area contributed by atoms with Gasteiger partial charge < -0.3 is 4.42 Å². The van der Waals surface area contributed by atoms with E-state index in [0.29, 0.717) is 18.7 Å². The molecule has 1 spiro atoms. The van der Waals surface area contributed by atoms with Gasteiger partial charge in [0.05, 0.1) is 5.41 Å². The largest absolute Gasteiger partial charge is 0.421 e. The number of rotatable bonds is 1. The van der Waals surface area contributed by atoms with Gasteiger partial charge in [0.2, 0.25) is 17.5 Å². The maximum Gasteiger partial charge on any atom is 0.260 e. The van der Waals surface area contributed by atoms with Crippen molar-refractivity contribution in [2.75, 3.05) is 5.01 Å². The van der Waals surface area contributed by atoms with Crippen molar-refractivity contribution in [2.24, 2.45) is 5.41 Å². The Hall–Kier alpha value is -2.36. The van der Waals surface area contributed by atoms with Gasteiger partial charge in [-0.2, -0.15) is 15.3 Å². The number of amides is 2. The molecule has 1 aromatic rings. The molecule has 1 aliphatic heterocycles. The highest BCUT2D eigenvalue weighted by atomic mass is 16.4. The molecule has 0 atom stereocenters. The average molecular weight is 316 g/mol. The molecule has 7 heteroatoms. The van der Waals surface area contributed by atoms with E-state index in [4.69, 9.17) is 4.42 Å². The number of carbonyl (C=O) groups is 2. The standard InChI is InChI=1S/C16H20N4O3/c1-15(2,3)13-18-10(9-17)12(23-13)20-14(22)16(6-4-5-7-16)8-11(21)19-20/h4-8H2,1-3H3,(H,19,21). The summed E-state index contributed by atoms with van der Waals surface area (Å²) in [5.41, 5.74) is 1.48. The Labute approximate surface area is 134 Å². The summed E-state index contributed by atoms with van der Waals surface area (Å²) in [6, 6.07) is 1.95. The van der Waals surface area contributed by atoms with Crippen LogP contribution in [0.5, 0.6) is 0 Å². The highest BCUT2D eigenvalue weighted by Crippen LogP contribution is 2.45. The van der Waals surface area contributed by atoms with Crippen LogP contribution in [0.15, 0.2) is 4.42 Å². The lowest BCUT2D eigenvalue weighted by molar-refractivity contribution is -0.141. The van der Waals surface area contributed by atoms with Gasteiger partial charge in [-0.15, -0.1) is 0 Å². The van der Waals surface area contributed by atoms with Crippen molar-refractivity contribution in [3.63, 3.8) is 0 Å². The van der Waals surface area contributed by atoms with Crippen molar-refractivity contribution in [1.82, 2.24) is 10.4 Å². The van der Waals surface area contributed by atoms with Crippen LogP contribution in [0.3, 0.4) is 0 Å². The van der Waals surface area contributed by atoms with E-state index in [2.05, 4.69) is 10.4 Å². The van der Waals surface area contributed by atoms with Crippen LogP contribution in [0, 0.1) is 16.7 Å². The van der Waals surface area contributed by atoms with Crippen LogP contribution >= 0.6 is 0 Å². The molecule has 23 heavy (non-hydrogen) atoms. The molecule has 2 amide bonds. The van der Waals surface area contributed by atoms with Crippen molar-refractivity contribution >= 4 is 17.7 Å². The zero-order valence-electron chi connectivity index (χ0n) is 13.6. The van der Waals surface area contributed by atoms with Crippen molar-refractivity contribution in [1.29, 1.82) is 5.26 Å². The topological polar surface area (TPSA) is 99.2 Å². The minimum atomic E-state index is -0.663. The Balaban J connectivity index is 2.03. The number of aromatic nitrogens is 1. The molecule has 2 aliphatic rings. The van der Waals surface area contributed by atoms with E-state index < -0.39 is 10.8 Å². The molecule has 0 bridgehead atoms. The molecule has 1 aliphatic carbocycles. The molecular formula is C16H20N4O3. The number of hydrazine groups is 1. The van der Waals surface area contributed by atoms with Gasteiger partial charge in [-0.05, 0) is 12.8 Å². The third-order valence-corrected chi connectivity index (χ3v) is 4.51. The maximum absolute atomic E-state index is 12.9. The fraction of sp³-hybridized carbons (Fsp3) is 0.625. The predicted molar refractivity (Wildman–Crippen MR) is 81.1 cm³/mol. The lowest BCUT2D eigenvalue weighted by atomic mass is 9.80. The van der Waals surface area contributed by atoms with Crippen molar-refractivity contribution in [3.05, 3.63) is 11.6 Å². The first-order valence-corrected chi connectivity index (χ1v) is 7.82. The highest BCUT2D eigenvalue weighted by molar-refractivity contribution is 6.05. The van der Waals surface area contributed by atoms with Gasteiger partial charge in [-0.1, -0.05) is 33.6 Å². The van der Waals surface area contributed by atoms with Crippen LogP contribution in [0.1, 0.15) is 64.5 Å². The zero-order chi connectivity index (χ0) is 16.8. The van der Waals surface area contributed by atoms with Crippen LogP contribution in [0.2, 0.25) is 0 Å². The van der Waals surface area contributed by atoms with Crippen LogP contribution in [0.4, 0.5) is 5.88 Å². The monoisotopic (exact) mass is 316 g/mol. The third kappa shape index (κ3) is 2.48. The number of hydrogen-bond donors (Lipinski definition) is 1. The summed E-state index contributed by atoms with van der Waals surface area (Å²) < 4.78 is 5.69. The van der Waals surface area contributed by atoms with E-state index >= 15 is 0 Å². The van der Waals surface area contributed by atoms with Gasteiger partial charge in [0.15, 0.2) is 0 Å². The molecule has 7 nitrogen and oxygen atoms in total. The smallest absolute Gasteiger partial charge is 0.260 e. The van der Waals surface area contributed by atoms with E-state index in [1.54, 1.807) is 0 Å². The predicted octanol–water partition coefficient (Wildman–Crippen LogP) is 2.17. The van der Waals surface area contributed by atoms with E-state index in [1.165, 1.54) is 0 Å². The molecule has 2 heterocycles. The molecule has 1 saturated heterocycles. The van der Waals surface area contributed by atoms with Gasteiger partial charge in [-0.3, -0.25) is 15.0 Å². The summed E-state index contributed by atoms with van der Waals surface area (Å²) >= 11 is 0. The SMILES string of the molecule is CC(C)(C)c1nc(C#N)c(N2NC(=O)CC3(CCCC3)C2=O)o1. The van der Waals surface area contributed by atoms with Crippen LogP contribution in [-0.2, 0) is 15.0 Å². The second-order valence-corrected chi connectivity index (χ2v) is 7.37. The third-order valence-electron chi connectivity index (χ3n) is 4.51. The number of hydrogen-bond acceptors (Lipinski definition) is 5. The summed E-state index contributed by atoms with van der Waals surface area (Å²) in [5, 5.41) is 10.4. The molecule has 2 fully saturated rings. The van der Waals surface area contributed by atoms with Crippen molar-refractivity contribution < 1.29 is 14.0 Å². The minimum Gasteiger partial charge on any atom is -0.421 e. The fourth-order valence-corrected chi connectivity index (χ4v) is 3.28. The van der Waals surface area contributed by atoms with Gasteiger partial charge in [-0.25, -0.2) is 0 Å². The Morgan fingerprint density at radius 1 is 1.30 bits per heavy atom. The first-order valence-electron chi connectivity index (χ1n) is 7.82. The van der Waals surface area contributed by atoms with E-state index in [9.17, 15) is 14.9 Å². The number of nitrogens with zero attached hydrogens (tertiary/aromatic N) is 3. The van der Waals surface area contributed by atoms with Crippen LogP contribution in [0.25, 0.3) is 0 Å². The molecule has 1 saturated carbocycles. The summed E-state index contributed by atoms with van der Waals surface area (Å²) in [4.78, 5) is 29.2. The Morgan fingerprint density at radius 2 is 1.96 bits per heavy atom. The summed E-state index contributed by atoms with van der Waals surface area (Å²) in [6.45, 7) is 5.70. The Kier molecular flexibility index (Phi) is 3.43. The summed E-state index contributed by atoms with van der Waals surface area (Å²) in [6.07, 6.45) is 3.45. The number of anilines is 1. The minimum absolute atomic E-state index is 0.0126. The van der Waals surface area contributed by atoms with Crippen LogP contribution < -0.4 is 10.4 Å². The molecule has 0 unspecified atom stereocenters. The number of oxazole rings is 1. The second-order valence-electron chi connectivity index (χ2n) is 7.37. The fourth-order valence-electron chi connectivity index (χ4n) is 3.28. The molecular weight excluding hydrogens is 296 g/mol. The average Bonchev–Trinajstić information content (AvgIpc) is 3.09. The highest BCUT2D eigenvalue weighted by Gasteiger charge is 2.50. The van der Waals surface area contributed by atoms with Gasteiger partial charge in [0.25, 0.3) is 11.8 Å². The van der Waals surface area contributed by atoms with Gasteiger partial charge in [0.1, 0.15) is 6.07 Å². The first kappa shape index (κ1) is 15.5. The van der Waals surface area contributed by atoms with Crippen molar-refractivity contribution in [2.45, 2.75) is 58.3 Å². The van der Waals surface area contributed by atoms with Crippen LogP contribution in [-0.4, -0.2) is 16.8 Å². The number of nitrogens with one attached hydrogen (secondary N) is 1. The molecule has 122 valence electrons. The van der Waals surface area contributed by atoms with E-state index in [0.717, 1.165) is 17.9 Å². The lowest BCUT2D eigenvalue weighted by Gasteiger charge is -2.37. The molecule has 0 aromatic carbocycles. The summed E-state index contributed by atoms with van der Waals surface area (Å²) in [5.74, 6) is -0.0642. The Bertz CT molecular complexity index is 702. The maximum atomic E-state index is 12.9. The Morgan fingerprint density at radius 3 is 2.52 bits per heavy atom. The molecule has 3 rings (SSSR count). The lowest BCUT2D eigenvalue weighted by Crippen LogP contribution is -2.59. The second kappa shape index (κ2) is 5.08. The normalized spacial score (nSPS) is 20.7. The van der Waals surface area contributed by atoms with Crippen molar-refractivity contribution in [3.8, 4) is 6.07 Å². The molecule has 1 aromatic heterocycles. The summed E-state index contributed by atoms with van der Waals surface area (Å²) in [7, 11) is 0. The first-order chi connectivity index (χ1) is 10.8. The van der Waals surface area contributed by atoms with E-state index in [1.807, 2.05) is 26.8 Å². The molecule has 0 radical (unpaired) electrons. The van der Waals surface area contributed by atoms with Gasteiger partial charge in [0, 0.05) is 11.8 Å². The number of carbonyl (C=O) groups excluding carboxylic acids is 2. The quantitative estimate of drug-likeness (QED) is 0.856. The van der Waals surface area contributed by atoms with Gasteiger partial charge >= 0.3 is 0 Å². The van der Waals surface area contributed by atoms with E-state index in [-0.39, 0.29) is 29.8 Å². The molecule has 1 N–H and O–H groups in total. The number of nitriles is 1. The zero-order valence-corrected chi connectivity index (χ0v) is 13.6.